The molecule has 0 bridgehead atoms. The molecular formula is C13H18N3O+. The van der Waals surface area contributed by atoms with Crippen molar-refractivity contribution < 1.29 is 4.74 Å². The predicted molar refractivity (Wildman–Crippen MR) is 68.8 cm³/mol. The van der Waals surface area contributed by atoms with E-state index in [1.165, 1.54) is 11.3 Å². The third-order valence-electron chi connectivity index (χ3n) is 3.61. The Balaban J connectivity index is 2.01. The molecular weight excluding hydrogens is 214 g/mol. The average molecular weight is 232 g/mol. The molecule has 4 nitrogen and oxygen atoms in total. The van der Waals surface area contributed by atoms with Gasteiger partial charge in [-0.3, -0.25) is 0 Å². The molecule has 0 spiro atoms. The van der Waals surface area contributed by atoms with Gasteiger partial charge in [-0.25, -0.2) is 0 Å². The van der Waals surface area contributed by atoms with E-state index in [0.29, 0.717) is 4.70 Å². The van der Waals surface area contributed by atoms with Crippen molar-refractivity contribution in [2.75, 3.05) is 32.8 Å². The molecule has 2 aliphatic rings. The minimum absolute atomic E-state index is 0.611. The van der Waals surface area contributed by atoms with Crippen molar-refractivity contribution in [1.29, 1.82) is 0 Å². The largest absolute Gasteiger partial charge is 0.378 e. The van der Waals surface area contributed by atoms with Crippen LogP contribution >= 0.6 is 0 Å². The quantitative estimate of drug-likeness (QED) is 0.724. The summed E-state index contributed by atoms with van der Waals surface area (Å²) in [5, 5.41) is 7.15. The molecule has 1 fully saturated rings. The molecule has 0 aliphatic carbocycles. The number of quaternary nitrogens is 1. The van der Waals surface area contributed by atoms with Crippen molar-refractivity contribution in [3.63, 3.8) is 0 Å². The van der Waals surface area contributed by atoms with Crippen LogP contribution in [-0.2, 0) is 4.74 Å². The summed E-state index contributed by atoms with van der Waals surface area (Å²) in [6, 6.07) is 8.48. The normalized spacial score (nSPS) is 28.3. The van der Waals surface area contributed by atoms with Gasteiger partial charge in [0.05, 0.1) is 38.1 Å². The second-order valence-electron chi connectivity index (χ2n) is 4.42. The Kier molecular flexibility index (Phi) is 2.70. The van der Waals surface area contributed by atoms with E-state index in [2.05, 4.69) is 36.2 Å². The van der Waals surface area contributed by atoms with E-state index in [4.69, 9.17) is 9.84 Å². The number of para-hydroxylation sites is 1. The van der Waals surface area contributed by atoms with Crippen molar-refractivity contribution in [2.24, 2.45) is 5.10 Å². The Bertz CT molecular complexity index is 440. The van der Waals surface area contributed by atoms with Crippen LogP contribution in [0.15, 0.2) is 29.4 Å². The second kappa shape index (κ2) is 4.22. The van der Waals surface area contributed by atoms with Gasteiger partial charge in [-0.15, -0.1) is 5.01 Å². The summed E-state index contributed by atoms with van der Waals surface area (Å²) >= 11 is 0. The maximum absolute atomic E-state index is 5.43. The van der Waals surface area contributed by atoms with Gasteiger partial charge >= 0.3 is 0 Å². The first kappa shape index (κ1) is 10.9. The third kappa shape index (κ3) is 1.60. The Morgan fingerprint density at radius 2 is 2.06 bits per heavy atom. The second-order valence-corrected chi connectivity index (χ2v) is 4.42. The van der Waals surface area contributed by atoms with Crippen molar-refractivity contribution in [1.82, 2.24) is 9.71 Å². The molecule has 0 aromatic heterocycles. The maximum Gasteiger partial charge on any atom is 0.188 e. The van der Waals surface area contributed by atoms with Crippen LogP contribution in [-0.4, -0.2) is 44.1 Å². The average Bonchev–Trinajstić information content (AvgIpc) is 2.80. The number of hydrogen-bond donors (Lipinski definition) is 0. The fourth-order valence-electron chi connectivity index (χ4n) is 2.70. The number of fused-ring (bicyclic) bond motifs is 1. The number of morpholine rings is 1. The Morgan fingerprint density at radius 3 is 2.82 bits per heavy atom. The molecule has 0 saturated carbocycles. The highest BCUT2D eigenvalue weighted by molar-refractivity contribution is 5.90. The first-order valence-electron chi connectivity index (χ1n) is 6.23. The zero-order chi connectivity index (χ0) is 11.7. The summed E-state index contributed by atoms with van der Waals surface area (Å²) in [5.74, 6) is 0. The molecule has 1 aromatic carbocycles. The van der Waals surface area contributed by atoms with E-state index in [0.717, 1.165) is 32.8 Å². The van der Waals surface area contributed by atoms with E-state index in [9.17, 15) is 0 Å². The number of benzene rings is 1. The van der Waals surface area contributed by atoms with E-state index in [1.54, 1.807) is 0 Å². The topological polar surface area (TPSA) is 24.8 Å². The standard InChI is InChI=1S/C13H18N3O/c1-2-16(15-7-9-17-10-8-15)13-6-4-3-5-12(13)11-14-16/h3-6,11H,2,7-10H2,1H3/q+1. The molecule has 2 aliphatic heterocycles. The lowest BCUT2D eigenvalue weighted by molar-refractivity contribution is -0.0786. The lowest BCUT2D eigenvalue weighted by Gasteiger charge is -2.39. The first-order valence-corrected chi connectivity index (χ1v) is 6.23. The Labute approximate surface area is 102 Å². The highest BCUT2D eigenvalue weighted by Crippen LogP contribution is 2.34. The summed E-state index contributed by atoms with van der Waals surface area (Å²) < 4.78 is 6.04. The van der Waals surface area contributed by atoms with Gasteiger partial charge in [0, 0.05) is 6.07 Å². The van der Waals surface area contributed by atoms with Gasteiger partial charge in [0.25, 0.3) is 0 Å². The highest BCUT2D eigenvalue weighted by atomic mass is 16.5. The van der Waals surface area contributed by atoms with Crippen molar-refractivity contribution in [3.05, 3.63) is 29.8 Å². The molecule has 0 N–H and O–H groups in total. The Morgan fingerprint density at radius 1 is 1.29 bits per heavy atom. The summed E-state index contributed by atoms with van der Waals surface area (Å²) in [5.41, 5.74) is 2.53. The van der Waals surface area contributed by atoms with Crippen LogP contribution in [0.3, 0.4) is 0 Å². The van der Waals surface area contributed by atoms with Crippen LogP contribution in [0, 0.1) is 0 Å². The number of rotatable bonds is 2. The van der Waals surface area contributed by atoms with Gasteiger partial charge in [-0.2, -0.15) is 0 Å². The number of ether oxygens (including phenoxy) is 1. The molecule has 0 radical (unpaired) electrons. The maximum atomic E-state index is 5.43. The van der Waals surface area contributed by atoms with Crippen LogP contribution in [0.5, 0.6) is 0 Å². The molecule has 3 rings (SSSR count). The van der Waals surface area contributed by atoms with Crippen LogP contribution in [0.2, 0.25) is 0 Å². The number of nitrogens with zero attached hydrogens (tertiary/aromatic N) is 3. The van der Waals surface area contributed by atoms with Crippen LogP contribution in [0.1, 0.15) is 12.5 Å². The SMILES string of the molecule is CC[N+]1(N2CCOCC2)N=Cc2ccccc21. The highest BCUT2D eigenvalue weighted by Gasteiger charge is 2.42. The zero-order valence-electron chi connectivity index (χ0n) is 10.2. The molecule has 1 saturated heterocycles. The van der Waals surface area contributed by atoms with Gasteiger partial charge in [0.15, 0.2) is 5.69 Å². The van der Waals surface area contributed by atoms with Crippen molar-refractivity contribution in [3.8, 4) is 0 Å². The summed E-state index contributed by atoms with van der Waals surface area (Å²) in [7, 11) is 0. The lowest BCUT2D eigenvalue weighted by atomic mass is 10.2. The molecule has 17 heavy (non-hydrogen) atoms. The summed E-state index contributed by atoms with van der Waals surface area (Å²) in [6.07, 6.45) is 1.99. The smallest absolute Gasteiger partial charge is 0.188 e. The molecule has 1 atom stereocenters. The van der Waals surface area contributed by atoms with Crippen molar-refractivity contribution in [2.45, 2.75) is 6.92 Å². The molecule has 2 heterocycles. The lowest BCUT2D eigenvalue weighted by Crippen LogP contribution is -2.60. The van der Waals surface area contributed by atoms with E-state index < -0.39 is 0 Å². The van der Waals surface area contributed by atoms with Gasteiger partial charge in [-0.05, 0) is 13.0 Å². The monoisotopic (exact) mass is 232 g/mol. The van der Waals surface area contributed by atoms with E-state index >= 15 is 0 Å². The first-order chi connectivity index (χ1) is 8.37. The van der Waals surface area contributed by atoms with Gasteiger partial charge in [0.2, 0.25) is 0 Å². The zero-order valence-corrected chi connectivity index (χ0v) is 10.2. The minimum atomic E-state index is 0.611. The Hall–Kier alpha value is -1.23. The van der Waals surface area contributed by atoms with Gasteiger partial charge in [-0.1, -0.05) is 21.9 Å². The summed E-state index contributed by atoms with van der Waals surface area (Å²) in [6.45, 7) is 6.64. The minimum Gasteiger partial charge on any atom is -0.378 e. The van der Waals surface area contributed by atoms with Crippen LogP contribution < -0.4 is 4.70 Å². The fraction of sp³-hybridized carbons (Fsp3) is 0.462. The molecule has 4 heteroatoms. The van der Waals surface area contributed by atoms with Crippen LogP contribution in [0.4, 0.5) is 5.69 Å². The van der Waals surface area contributed by atoms with Gasteiger partial charge in [0.1, 0.15) is 6.54 Å². The summed E-state index contributed by atoms with van der Waals surface area (Å²) in [4.78, 5) is 0. The number of hydrogen-bond acceptors (Lipinski definition) is 3. The molecule has 90 valence electrons. The molecule has 1 unspecified atom stereocenters. The van der Waals surface area contributed by atoms with Gasteiger partial charge < -0.3 is 4.74 Å². The van der Waals surface area contributed by atoms with Crippen LogP contribution in [0.25, 0.3) is 0 Å². The van der Waals surface area contributed by atoms with E-state index in [-0.39, 0.29) is 0 Å². The fourth-order valence-corrected chi connectivity index (χ4v) is 2.70. The third-order valence-corrected chi connectivity index (χ3v) is 3.61. The molecule has 1 aromatic rings. The van der Waals surface area contributed by atoms with E-state index in [1.807, 2.05) is 6.21 Å². The predicted octanol–water partition coefficient (Wildman–Crippen LogP) is 1.61. The molecule has 0 amide bonds. The van der Waals surface area contributed by atoms with Crippen molar-refractivity contribution >= 4 is 11.9 Å².